The molecule has 7 nitrogen and oxygen atoms in total. The van der Waals surface area contributed by atoms with Crippen LogP contribution in [0.2, 0.25) is 0 Å². The van der Waals surface area contributed by atoms with Crippen LogP contribution >= 0.6 is 0 Å². The smallest absolute Gasteiger partial charge is 0.274 e. The topological polar surface area (TPSA) is 93.5 Å². The number of ether oxygens (including phenoxy) is 1. The Morgan fingerprint density at radius 2 is 1.93 bits per heavy atom. The summed E-state index contributed by atoms with van der Waals surface area (Å²) < 4.78 is 10.9. The molecule has 2 heterocycles. The second kappa shape index (κ2) is 8.85. The molecule has 28 heavy (non-hydrogen) atoms. The van der Waals surface area contributed by atoms with Crippen LogP contribution in [0.1, 0.15) is 40.5 Å². The van der Waals surface area contributed by atoms with Gasteiger partial charge in [0.05, 0.1) is 24.6 Å². The highest BCUT2D eigenvalue weighted by atomic mass is 16.5. The molecular formula is C21H21N3O4. The molecule has 0 aliphatic rings. The molecule has 2 amide bonds. The van der Waals surface area contributed by atoms with E-state index >= 15 is 0 Å². The molecule has 2 aromatic heterocycles. The van der Waals surface area contributed by atoms with Gasteiger partial charge in [-0.15, -0.1) is 0 Å². The minimum atomic E-state index is -0.430. The van der Waals surface area contributed by atoms with Gasteiger partial charge in [0.25, 0.3) is 11.8 Å². The van der Waals surface area contributed by atoms with Gasteiger partial charge in [0.1, 0.15) is 17.2 Å². The van der Waals surface area contributed by atoms with E-state index in [1.807, 2.05) is 19.9 Å². The van der Waals surface area contributed by atoms with Crippen LogP contribution in [-0.4, -0.2) is 22.9 Å². The Morgan fingerprint density at radius 1 is 1.11 bits per heavy atom. The standard InChI is InChI=1S/C21H21N3O4/c1-14(2)28-19-8-4-3-7-17(19)24-21(26)18-12-15(9-10-22-18)20(25)23-13-16-6-5-11-27-16/h3-12,14H,13H2,1-2H3,(H,23,25)(H,24,26). The second-order valence-electron chi connectivity index (χ2n) is 6.31. The lowest BCUT2D eigenvalue weighted by Crippen LogP contribution is -2.23. The molecule has 0 unspecified atom stereocenters. The molecule has 144 valence electrons. The minimum absolute atomic E-state index is 0.0302. The summed E-state index contributed by atoms with van der Waals surface area (Å²) >= 11 is 0. The van der Waals surface area contributed by atoms with Gasteiger partial charge in [-0.2, -0.15) is 0 Å². The van der Waals surface area contributed by atoms with Gasteiger partial charge in [-0.05, 0) is 50.2 Å². The van der Waals surface area contributed by atoms with Gasteiger partial charge in [0.15, 0.2) is 0 Å². The highest BCUT2D eigenvalue weighted by Gasteiger charge is 2.14. The average Bonchev–Trinajstić information content (AvgIpc) is 3.21. The fourth-order valence-corrected chi connectivity index (χ4v) is 2.49. The van der Waals surface area contributed by atoms with Crippen molar-refractivity contribution in [1.82, 2.24) is 10.3 Å². The first kappa shape index (κ1) is 19.2. The number of para-hydroxylation sites is 2. The van der Waals surface area contributed by atoms with Crippen molar-refractivity contribution in [2.45, 2.75) is 26.5 Å². The van der Waals surface area contributed by atoms with Crippen molar-refractivity contribution in [2.24, 2.45) is 0 Å². The van der Waals surface area contributed by atoms with E-state index in [2.05, 4.69) is 15.6 Å². The van der Waals surface area contributed by atoms with Gasteiger partial charge >= 0.3 is 0 Å². The van der Waals surface area contributed by atoms with E-state index in [-0.39, 0.29) is 24.2 Å². The maximum Gasteiger partial charge on any atom is 0.274 e. The summed E-state index contributed by atoms with van der Waals surface area (Å²) in [5.74, 6) is 0.456. The lowest BCUT2D eigenvalue weighted by molar-refractivity contribution is 0.0948. The van der Waals surface area contributed by atoms with Gasteiger partial charge in [-0.1, -0.05) is 12.1 Å². The first-order valence-corrected chi connectivity index (χ1v) is 8.86. The molecule has 0 radical (unpaired) electrons. The van der Waals surface area contributed by atoms with Gasteiger partial charge < -0.3 is 19.8 Å². The number of carbonyl (C=O) groups excluding carboxylic acids is 2. The van der Waals surface area contributed by atoms with E-state index in [9.17, 15) is 9.59 Å². The maximum absolute atomic E-state index is 12.6. The molecule has 2 N–H and O–H groups in total. The van der Waals surface area contributed by atoms with Gasteiger partial charge in [-0.3, -0.25) is 14.6 Å². The molecule has 0 spiro atoms. The number of nitrogens with zero attached hydrogens (tertiary/aromatic N) is 1. The molecule has 0 saturated carbocycles. The summed E-state index contributed by atoms with van der Waals surface area (Å²) in [4.78, 5) is 29.0. The number of amides is 2. The zero-order valence-electron chi connectivity index (χ0n) is 15.6. The molecule has 0 aliphatic carbocycles. The summed E-state index contributed by atoms with van der Waals surface area (Å²) in [6.45, 7) is 4.07. The third kappa shape index (κ3) is 4.97. The Morgan fingerprint density at radius 3 is 2.68 bits per heavy atom. The van der Waals surface area contributed by atoms with Crippen molar-refractivity contribution in [3.8, 4) is 5.75 Å². The first-order chi connectivity index (χ1) is 13.5. The third-order valence-electron chi connectivity index (χ3n) is 3.76. The number of hydrogen-bond donors (Lipinski definition) is 2. The maximum atomic E-state index is 12.6. The number of aromatic nitrogens is 1. The zero-order valence-corrected chi connectivity index (χ0v) is 15.6. The van der Waals surface area contributed by atoms with Crippen molar-refractivity contribution < 1.29 is 18.7 Å². The fourth-order valence-electron chi connectivity index (χ4n) is 2.49. The van der Waals surface area contributed by atoms with E-state index in [0.29, 0.717) is 22.8 Å². The van der Waals surface area contributed by atoms with Crippen LogP contribution in [0.25, 0.3) is 0 Å². The molecule has 7 heteroatoms. The molecule has 3 aromatic rings. The molecule has 0 bridgehead atoms. The number of hydrogen-bond acceptors (Lipinski definition) is 5. The highest BCUT2D eigenvalue weighted by Crippen LogP contribution is 2.25. The van der Waals surface area contributed by atoms with Crippen molar-refractivity contribution >= 4 is 17.5 Å². The highest BCUT2D eigenvalue weighted by molar-refractivity contribution is 6.05. The predicted molar refractivity (Wildman–Crippen MR) is 104 cm³/mol. The van der Waals surface area contributed by atoms with E-state index in [4.69, 9.17) is 9.15 Å². The number of carbonyl (C=O) groups is 2. The normalized spacial score (nSPS) is 10.5. The number of nitrogens with one attached hydrogen (secondary N) is 2. The first-order valence-electron chi connectivity index (χ1n) is 8.86. The average molecular weight is 379 g/mol. The third-order valence-corrected chi connectivity index (χ3v) is 3.76. The van der Waals surface area contributed by atoms with Crippen molar-refractivity contribution in [3.05, 3.63) is 78.0 Å². The Bertz CT molecular complexity index is 952. The molecule has 1 aromatic carbocycles. The number of rotatable bonds is 7. The quantitative estimate of drug-likeness (QED) is 0.654. The van der Waals surface area contributed by atoms with E-state index < -0.39 is 5.91 Å². The zero-order chi connectivity index (χ0) is 19.9. The summed E-state index contributed by atoms with van der Waals surface area (Å²) in [6, 6.07) is 13.7. The number of anilines is 1. The van der Waals surface area contributed by atoms with Gasteiger partial charge in [0.2, 0.25) is 0 Å². The van der Waals surface area contributed by atoms with Crippen LogP contribution in [0.3, 0.4) is 0 Å². The molecule has 3 rings (SSSR count). The summed E-state index contributed by atoms with van der Waals surface area (Å²) in [5, 5.41) is 5.52. The van der Waals surface area contributed by atoms with Crippen LogP contribution in [0, 0.1) is 0 Å². The number of pyridine rings is 1. The summed E-state index contributed by atoms with van der Waals surface area (Å²) in [5.41, 5.74) is 0.999. The van der Waals surface area contributed by atoms with E-state index in [0.717, 1.165) is 0 Å². The fraction of sp³-hybridized carbons (Fsp3) is 0.190. The van der Waals surface area contributed by atoms with Crippen molar-refractivity contribution in [3.63, 3.8) is 0 Å². The second-order valence-corrected chi connectivity index (χ2v) is 6.31. The molecular weight excluding hydrogens is 358 g/mol. The SMILES string of the molecule is CC(C)Oc1ccccc1NC(=O)c1cc(C(=O)NCc2ccco2)ccn1. The lowest BCUT2D eigenvalue weighted by atomic mass is 10.2. The molecule has 0 atom stereocenters. The van der Waals surface area contributed by atoms with Crippen LogP contribution in [0.5, 0.6) is 5.75 Å². The monoisotopic (exact) mass is 379 g/mol. The minimum Gasteiger partial charge on any atom is -0.489 e. The predicted octanol–water partition coefficient (Wildman–Crippen LogP) is 3.64. The van der Waals surface area contributed by atoms with Crippen LogP contribution in [0.15, 0.2) is 65.4 Å². The Kier molecular flexibility index (Phi) is 6.06. The molecule has 0 fully saturated rings. The lowest BCUT2D eigenvalue weighted by Gasteiger charge is -2.14. The van der Waals surface area contributed by atoms with Crippen LogP contribution in [-0.2, 0) is 6.54 Å². The Labute approximate surface area is 162 Å². The van der Waals surface area contributed by atoms with Gasteiger partial charge in [0, 0.05) is 11.8 Å². The van der Waals surface area contributed by atoms with E-state index in [1.165, 1.54) is 18.5 Å². The largest absolute Gasteiger partial charge is 0.489 e. The van der Waals surface area contributed by atoms with Crippen LogP contribution in [0.4, 0.5) is 5.69 Å². The number of furan rings is 1. The molecule has 0 saturated heterocycles. The molecule has 0 aliphatic heterocycles. The van der Waals surface area contributed by atoms with Gasteiger partial charge in [-0.25, -0.2) is 0 Å². The summed E-state index contributed by atoms with van der Waals surface area (Å²) in [7, 11) is 0. The Balaban J connectivity index is 1.69. The number of benzene rings is 1. The Hall–Kier alpha value is -3.61. The van der Waals surface area contributed by atoms with Crippen molar-refractivity contribution in [2.75, 3.05) is 5.32 Å². The van der Waals surface area contributed by atoms with E-state index in [1.54, 1.807) is 36.4 Å². The van der Waals surface area contributed by atoms with Crippen molar-refractivity contribution in [1.29, 1.82) is 0 Å². The summed E-state index contributed by atoms with van der Waals surface area (Å²) in [6.07, 6.45) is 2.93. The van der Waals surface area contributed by atoms with Crippen LogP contribution < -0.4 is 15.4 Å².